The minimum absolute atomic E-state index is 0.0129. The minimum Gasteiger partial charge on any atom is -0.493 e. The van der Waals surface area contributed by atoms with Gasteiger partial charge >= 0.3 is 5.97 Å². The number of cyclic esters (lactones) is 1. The SMILES string of the molecule is CCCCCCCCCC1=C([C@H](CC(C)C)NC)O[C@H](C[C@@H]2OC(=O)[C@H]2CCCCCC)C1. The van der Waals surface area contributed by atoms with Crippen LogP contribution in [-0.4, -0.2) is 31.3 Å². The monoisotopic (exact) mass is 463 g/mol. The van der Waals surface area contributed by atoms with E-state index in [0.29, 0.717) is 12.0 Å². The Bertz CT molecular complexity index is 585. The Kier molecular flexibility index (Phi) is 13.5. The molecule has 1 saturated heterocycles. The van der Waals surface area contributed by atoms with Gasteiger partial charge in [-0.25, -0.2) is 0 Å². The predicted molar refractivity (Wildman–Crippen MR) is 138 cm³/mol. The van der Waals surface area contributed by atoms with E-state index in [4.69, 9.17) is 9.47 Å². The van der Waals surface area contributed by atoms with Crippen molar-refractivity contribution < 1.29 is 14.3 Å². The second-order valence-corrected chi connectivity index (χ2v) is 10.9. The summed E-state index contributed by atoms with van der Waals surface area (Å²) in [5.41, 5.74) is 1.51. The van der Waals surface area contributed by atoms with Gasteiger partial charge in [-0.1, -0.05) is 91.9 Å². The van der Waals surface area contributed by atoms with E-state index in [-0.39, 0.29) is 24.1 Å². The smallest absolute Gasteiger partial charge is 0.313 e. The maximum absolute atomic E-state index is 12.1. The van der Waals surface area contributed by atoms with Crippen molar-refractivity contribution in [3.8, 4) is 0 Å². The Morgan fingerprint density at radius 2 is 1.55 bits per heavy atom. The van der Waals surface area contributed by atoms with E-state index in [1.807, 2.05) is 0 Å². The molecule has 4 heteroatoms. The highest BCUT2D eigenvalue weighted by molar-refractivity contribution is 5.78. The van der Waals surface area contributed by atoms with Crippen LogP contribution >= 0.6 is 0 Å². The third-order valence-electron chi connectivity index (χ3n) is 7.45. The standard InChI is InChI=1S/C29H53NO3/c1-6-8-10-12-13-14-15-17-23-20-24(32-28(23)26(30-5)19-22(3)4)21-27-25(29(31)33-27)18-16-11-9-7-2/h22,24-27,30H,6-21H2,1-5H3/t24-,25-,26-,27-/m0/s1. The molecule has 0 radical (unpaired) electrons. The molecule has 0 spiro atoms. The zero-order chi connectivity index (χ0) is 24.1. The topological polar surface area (TPSA) is 47.6 Å². The van der Waals surface area contributed by atoms with Crippen molar-refractivity contribution in [2.24, 2.45) is 11.8 Å². The third kappa shape index (κ3) is 9.62. The second kappa shape index (κ2) is 15.8. The average Bonchev–Trinajstić information content (AvgIpc) is 3.18. The van der Waals surface area contributed by atoms with Gasteiger partial charge in [0.15, 0.2) is 0 Å². The molecular weight excluding hydrogens is 410 g/mol. The number of ether oxygens (including phenoxy) is 2. The van der Waals surface area contributed by atoms with E-state index < -0.39 is 0 Å². The highest BCUT2D eigenvalue weighted by Gasteiger charge is 2.44. The van der Waals surface area contributed by atoms with Gasteiger partial charge in [-0.05, 0) is 44.2 Å². The second-order valence-electron chi connectivity index (χ2n) is 10.9. The van der Waals surface area contributed by atoms with Gasteiger partial charge in [0.1, 0.15) is 18.0 Å². The molecule has 2 heterocycles. The maximum atomic E-state index is 12.1. The molecule has 0 aromatic heterocycles. The first-order valence-corrected chi connectivity index (χ1v) is 14.3. The molecule has 0 aliphatic carbocycles. The average molecular weight is 464 g/mol. The van der Waals surface area contributed by atoms with E-state index in [9.17, 15) is 4.79 Å². The number of nitrogens with one attached hydrogen (secondary N) is 1. The molecule has 0 aromatic carbocycles. The van der Waals surface area contributed by atoms with Crippen LogP contribution in [0.2, 0.25) is 0 Å². The molecule has 0 unspecified atom stereocenters. The Labute approximate surface area is 204 Å². The van der Waals surface area contributed by atoms with Crippen LogP contribution in [0.3, 0.4) is 0 Å². The van der Waals surface area contributed by atoms with Crippen LogP contribution < -0.4 is 5.32 Å². The van der Waals surface area contributed by atoms with Gasteiger partial charge in [-0.2, -0.15) is 0 Å². The summed E-state index contributed by atoms with van der Waals surface area (Å²) >= 11 is 0. The van der Waals surface area contributed by atoms with Crippen LogP contribution in [0, 0.1) is 11.8 Å². The maximum Gasteiger partial charge on any atom is 0.313 e. The van der Waals surface area contributed by atoms with Gasteiger partial charge in [0.05, 0.1) is 12.0 Å². The fourth-order valence-corrected chi connectivity index (χ4v) is 5.45. The molecule has 0 aromatic rings. The quantitative estimate of drug-likeness (QED) is 0.157. The molecule has 0 bridgehead atoms. The third-order valence-corrected chi connectivity index (χ3v) is 7.45. The van der Waals surface area contributed by atoms with Crippen LogP contribution in [0.4, 0.5) is 0 Å². The Balaban J connectivity index is 1.88. The van der Waals surface area contributed by atoms with Crippen molar-refractivity contribution in [3.05, 3.63) is 11.3 Å². The summed E-state index contributed by atoms with van der Waals surface area (Å²) in [6.45, 7) is 9.07. The van der Waals surface area contributed by atoms with Crippen molar-refractivity contribution in [1.82, 2.24) is 5.32 Å². The first-order chi connectivity index (χ1) is 16.0. The van der Waals surface area contributed by atoms with Crippen LogP contribution in [0.25, 0.3) is 0 Å². The number of likely N-dealkylation sites (N-methyl/N-ethyl adjacent to an activating group) is 1. The van der Waals surface area contributed by atoms with Crippen molar-refractivity contribution in [2.75, 3.05) is 7.05 Å². The van der Waals surface area contributed by atoms with Gasteiger partial charge < -0.3 is 14.8 Å². The number of carbonyl (C=O) groups is 1. The molecule has 2 aliphatic rings. The zero-order valence-corrected chi connectivity index (χ0v) is 22.4. The molecule has 0 amide bonds. The Morgan fingerprint density at radius 1 is 0.909 bits per heavy atom. The minimum atomic E-state index is 0.0129. The fraction of sp³-hybridized carbons (Fsp3) is 0.897. The molecule has 4 atom stereocenters. The molecular formula is C29H53NO3. The summed E-state index contributed by atoms with van der Waals surface area (Å²) in [6.07, 6.45) is 19.5. The first kappa shape index (κ1) is 28.2. The molecule has 192 valence electrons. The predicted octanol–water partition coefficient (Wildman–Crippen LogP) is 7.71. The van der Waals surface area contributed by atoms with E-state index >= 15 is 0 Å². The van der Waals surface area contributed by atoms with Crippen molar-refractivity contribution in [3.63, 3.8) is 0 Å². The molecule has 2 aliphatic heterocycles. The lowest BCUT2D eigenvalue weighted by molar-refractivity contribution is -0.188. The highest BCUT2D eigenvalue weighted by Crippen LogP contribution is 2.38. The van der Waals surface area contributed by atoms with Gasteiger partial charge in [0.2, 0.25) is 0 Å². The number of rotatable bonds is 19. The summed E-state index contributed by atoms with van der Waals surface area (Å²) in [6, 6.07) is 0.295. The van der Waals surface area contributed by atoms with Gasteiger partial charge in [0.25, 0.3) is 0 Å². The van der Waals surface area contributed by atoms with Gasteiger partial charge in [-0.3, -0.25) is 4.79 Å². The van der Waals surface area contributed by atoms with Crippen LogP contribution in [0.1, 0.15) is 130 Å². The molecule has 33 heavy (non-hydrogen) atoms. The summed E-state index contributed by atoms with van der Waals surface area (Å²) in [5.74, 6) is 1.93. The highest BCUT2D eigenvalue weighted by atomic mass is 16.6. The number of carbonyl (C=O) groups excluding carboxylic acids is 1. The van der Waals surface area contributed by atoms with Crippen molar-refractivity contribution in [2.45, 2.75) is 149 Å². The Hall–Kier alpha value is -1.03. The summed E-state index contributed by atoms with van der Waals surface area (Å²) in [7, 11) is 2.06. The molecule has 2 rings (SSSR count). The van der Waals surface area contributed by atoms with Crippen molar-refractivity contribution >= 4 is 5.97 Å². The van der Waals surface area contributed by atoms with Gasteiger partial charge in [0, 0.05) is 12.8 Å². The van der Waals surface area contributed by atoms with Crippen molar-refractivity contribution in [1.29, 1.82) is 0 Å². The largest absolute Gasteiger partial charge is 0.493 e. The number of hydrogen-bond acceptors (Lipinski definition) is 4. The normalized spacial score (nSPS) is 23.6. The van der Waals surface area contributed by atoms with E-state index in [2.05, 4.69) is 40.1 Å². The number of hydrogen-bond donors (Lipinski definition) is 1. The molecule has 1 fully saturated rings. The lowest BCUT2D eigenvalue weighted by Crippen LogP contribution is -2.46. The summed E-state index contributed by atoms with van der Waals surface area (Å²) < 4.78 is 12.2. The van der Waals surface area contributed by atoms with Gasteiger partial charge in [-0.15, -0.1) is 0 Å². The number of esters is 1. The fourth-order valence-electron chi connectivity index (χ4n) is 5.45. The van der Waals surface area contributed by atoms with Crippen LogP contribution in [-0.2, 0) is 14.3 Å². The molecule has 0 saturated carbocycles. The van der Waals surface area contributed by atoms with E-state index in [1.54, 1.807) is 0 Å². The lowest BCUT2D eigenvalue weighted by atomic mass is 9.86. The van der Waals surface area contributed by atoms with E-state index in [0.717, 1.165) is 38.5 Å². The van der Waals surface area contributed by atoms with E-state index in [1.165, 1.54) is 75.5 Å². The Morgan fingerprint density at radius 3 is 2.15 bits per heavy atom. The zero-order valence-electron chi connectivity index (χ0n) is 22.4. The lowest BCUT2D eigenvalue weighted by Gasteiger charge is -2.36. The molecule has 1 N–H and O–H groups in total. The van der Waals surface area contributed by atoms with Crippen LogP contribution in [0.15, 0.2) is 11.3 Å². The first-order valence-electron chi connectivity index (χ1n) is 14.3. The van der Waals surface area contributed by atoms with Crippen LogP contribution in [0.5, 0.6) is 0 Å². The summed E-state index contributed by atoms with van der Waals surface area (Å²) in [4.78, 5) is 12.1. The number of unbranched alkanes of at least 4 members (excludes halogenated alkanes) is 9. The molecule has 4 nitrogen and oxygen atoms in total. The summed E-state index contributed by atoms with van der Waals surface area (Å²) in [5, 5.41) is 3.52.